The third-order valence-electron chi connectivity index (χ3n) is 5.51. The first kappa shape index (κ1) is 20.3. The molecule has 2 saturated heterocycles. The summed E-state index contributed by atoms with van der Waals surface area (Å²) in [6.45, 7) is 9.32. The maximum atomic E-state index is 12.9. The number of hydrogen-bond donors (Lipinski definition) is 0. The molecule has 7 heteroatoms. The number of piperidine rings is 1. The summed E-state index contributed by atoms with van der Waals surface area (Å²) in [5.74, 6) is 0.350. The summed E-state index contributed by atoms with van der Waals surface area (Å²) in [5.41, 5.74) is 0.860. The van der Waals surface area contributed by atoms with E-state index >= 15 is 0 Å². The summed E-state index contributed by atoms with van der Waals surface area (Å²) >= 11 is 1.55. The molecule has 1 aromatic heterocycles. The molecule has 1 aromatic rings. The highest BCUT2D eigenvalue weighted by atomic mass is 32.1. The van der Waals surface area contributed by atoms with Gasteiger partial charge in [0, 0.05) is 39.3 Å². The summed E-state index contributed by atoms with van der Waals surface area (Å²) in [4.78, 5) is 36.8. The highest BCUT2D eigenvalue weighted by Gasteiger charge is 2.27. The molecule has 3 rings (SSSR count). The zero-order valence-electron chi connectivity index (χ0n) is 16.7. The fourth-order valence-corrected chi connectivity index (χ4v) is 4.85. The standard InChI is InChI=1S/C20H32N4O2S/c1-3-4-8-17-21-16(2)19(27-17)20(26)24-13-11-22(12-14-24)15-18(25)23-9-6-5-7-10-23/h3-15H2,1-2H3. The summed E-state index contributed by atoms with van der Waals surface area (Å²) in [6.07, 6.45) is 6.71. The Hall–Kier alpha value is -1.47. The van der Waals surface area contributed by atoms with Crippen LogP contribution in [0, 0.1) is 6.92 Å². The number of hydrogen-bond acceptors (Lipinski definition) is 5. The van der Waals surface area contributed by atoms with Gasteiger partial charge < -0.3 is 9.80 Å². The van der Waals surface area contributed by atoms with Crippen molar-refractivity contribution in [2.45, 2.75) is 52.4 Å². The Morgan fingerprint density at radius 3 is 2.37 bits per heavy atom. The van der Waals surface area contributed by atoms with Gasteiger partial charge in [-0.25, -0.2) is 4.98 Å². The minimum Gasteiger partial charge on any atom is -0.342 e. The van der Waals surface area contributed by atoms with Crippen molar-refractivity contribution in [2.24, 2.45) is 0 Å². The van der Waals surface area contributed by atoms with E-state index in [9.17, 15) is 9.59 Å². The van der Waals surface area contributed by atoms with E-state index in [0.29, 0.717) is 19.6 Å². The van der Waals surface area contributed by atoms with Crippen molar-refractivity contribution < 1.29 is 9.59 Å². The summed E-state index contributed by atoms with van der Waals surface area (Å²) in [6, 6.07) is 0. The van der Waals surface area contributed by atoms with Crippen molar-refractivity contribution in [1.29, 1.82) is 0 Å². The molecule has 6 nitrogen and oxygen atoms in total. The normalized spacial score (nSPS) is 18.7. The number of aryl methyl sites for hydroxylation is 2. The Morgan fingerprint density at radius 1 is 1.00 bits per heavy atom. The number of likely N-dealkylation sites (tertiary alicyclic amines) is 1. The number of nitrogens with zero attached hydrogens (tertiary/aromatic N) is 4. The second kappa shape index (κ2) is 9.64. The molecule has 150 valence electrons. The average Bonchev–Trinajstić information content (AvgIpc) is 3.07. The van der Waals surface area contributed by atoms with Gasteiger partial charge in [0.15, 0.2) is 0 Å². The van der Waals surface area contributed by atoms with Gasteiger partial charge in [-0.3, -0.25) is 14.5 Å². The van der Waals surface area contributed by atoms with Crippen LogP contribution in [0.25, 0.3) is 0 Å². The van der Waals surface area contributed by atoms with E-state index in [-0.39, 0.29) is 11.8 Å². The minimum atomic E-state index is 0.106. The van der Waals surface area contributed by atoms with Gasteiger partial charge >= 0.3 is 0 Å². The van der Waals surface area contributed by atoms with Crippen LogP contribution in [-0.2, 0) is 11.2 Å². The van der Waals surface area contributed by atoms with E-state index in [1.807, 2.05) is 16.7 Å². The van der Waals surface area contributed by atoms with Crippen LogP contribution >= 0.6 is 11.3 Å². The van der Waals surface area contributed by atoms with Crippen molar-refractivity contribution >= 4 is 23.2 Å². The molecule has 2 amide bonds. The largest absolute Gasteiger partial charge is 0.342 e. The Morgan fingerprint density at radius 2 is 1.70 bits per heavy atom. The number of amides is 2. The van der Waals surface area contributed by atoms with Crippen LogP contribution in [0.5, 0.6) is 0 Å². The van der Waals surface area contributed by atoms with Crippen LogP contribution in [0.1, 0.15) is 59.4 Å². The SMILES string of the molecule is CCCCc1nc(C)c(C(=O)N2CCN(CC(=O)N3CCCCC3)CC2)s1. The fourth-order valence-electron chi connectivity index (χ4n) is 3.77. The predicted molar refractivity (Wildman–Crippen MR) is 108 cm³/mol. The lowest BCUT2D eigenvalue weighted by Gasteiger charge is -2.36. The number of thiazole rings is 1. The second-order valence-corrected chi connectivity index (χ2v) is 8.72. The molecule has 0 atom stereocenters. The average molecular weight is 393 g/mol. The van der Waals surface area contributed by atoms with E-state index in [0.717, 1.165) is 73.9 Å². The molecule has 3 heterocycles. The molecule has 2 aliphatic rings. The van der Waals surface area contributed by atoms with Crippen molar-refractivity contribution in [3.05, 3.63) is 15.6 Å². The van der Waals surface area contributed by atoms with Gasteiger partial charge in [-0.1, -0.05) is 13.3 Å². The first-order chi connectivity index (χ1) is 13.1. The molecule has 2 fully saturated rings. The van der Waals surface area contributed by atoms with Gasteiger partial charge in [0.1, 0.15) is 4.88 Å². The van der Waals surface area contributed by atoms with E-state index < -0.39 is 0 Å². The Balaban J connectivity index is 1.49. The number of rotatable bonds is 6. The molecular formula is C20H32N4O2S. The minimum absolute atomic E-state index is 0.106. The monoisotopic (exact) mass is 392 g/mol. The maximum absolute atomic E-state index is 12.9. The first-order valence-corrected chi connectivity index (χ1v) is 11.2. The number of carbonyl (C=O) groups excluding carboxylic acids is 2. The second-order valence-electron chi connectivity index (χ2n) is 7.64. The Labute approximate surface area is 166 Å². The van der Waals surface area contributed by atoms with Gasteiger partial charge in [0.2, 0.25) is 5.91 Å². The molecule has 0 aliphatic carbocycles. The van der Waals surface area contributed by atoms with Crippen LogP contribution in [0.4, 0.5) is 0 Å². The fraction of sp³-hybridized carbons (Fsp3) is 0.750. The highest BCUT2D eigenvalue weighted by Crippen LogP contribution is 2.22. The smallest absolute Gasteiger partial charge is 0.265 e. The molecule has 0 bridgehead atoms. The van der Waals surface area contributed by atoms with Crippen LogP contribution in [0.2, 0.25) is 0 Å². The van der Waals surface area contributed by atoms with Crippen LogP contribution in [-0.4, -0.2) is 77.3 Å². The molecule has 2 aliphatic heterocycles. The molecule has 0 unspecified atom stereocenters. The topological polar surface area (TPSA) is 56.8 Å². The number of aromatic nitrogens is 1. The molecular weight excluding hydrogens is 360 g/mol. The van der Waals surface area contributed by atoms with Gasteiger partial charge in [0.25, 0.3) is 5.91 Å². The van der Waals surface area contributed by atoms with Crippen molar-refractivity contribution in [2.75, 3.05) is 45.8 Å². The summed E-state index contributed by atoms with van der Waals surface area (Å²) in [5, 5.41) is 1.07. The lowest BCUT2D eigenvalue weighted by Crippen LogP contribution is -2.52. The highest BCUT2D eigenvalue weighted by molar-refractivity contribution is 7.13. The predicted octanol–water partition coefficient (Wildman–Crippen LogP) is 2.56. The lowest BCUT2D eigenvalue weighted by molar-refractivity contribution is -0.133. The molecule has 0 N–H and O–H groups in total. The van der Waals surface area contributed by atoms with Crippen molar-refractivity contribution in [1.82, 2.24) is 19.7 Å². The van der Waals surface area contributed by atoms with Gasteiger partial charge in [-0.2, -0.15) is 0 Å². The molecule has 0 radical (unpaired) electrons. The first-order valence-electron chi connectivity index (χ1n) is 10.3. The summed E-state index contributed by atoms with van der Waals surface area (Å²) < 4.78 is 0. The molecule has 0 aromatic carbocycles. The van der Waals surface area contributed by atoms with E-state index in [1.165, 1.54) is 6.42 Å². The van der Waals surface area contributed by atoms with E-state index in [4.69, 9.17) is 0 Å². The quantitative estimate of drug-likeness (QED) is 0.747. The molecule has 0 spiro atoms. The number of piperazine rings is 1. The van der Waals surface area contributed by atoms with Crippen LogP contribution in [0.15, 0.2) is 0 Å². The van der Waals surface area contributed by atoms with Crippen molar-refractivity contribution in [3.8, 4) is 0 Å². The zero-order chi connectivity index (χ0) is 19.2. The third-order valence-corrected chi connectivity index (χ3v) is 6.71. The lowest BCUT2D eigenvalue weighted by atomic mass is 10.1. The number of carbonyl (C=O) groups is 2. The van der Waals surface area contributed by atoms with Crippen LogP contribution < -0.4 is 0 Å². The van der Waals surface area contributed by atoms with Gasteiger partial charge in [-0.05, 0) is 39.0 Å². The maximum Gasteiger partial charge on any atom is 0.265 e. The summed E-state index contributed by atoms with van der Waals surface area (Å²) in [7, 11) is 0. The van der Waals surface area contributed by atoms with Crippen molar-refractivity contribution in [3.63, 3.8) is 0 Å². The van der Waals surface area contributed by atoms with Gasteiger partial charge in [-0.15, -0.1) is 11.3 Å². The van der Waals surface area contributed by atoms with Crippen LogP contribution in [0.3, 0.4) is 0 Å². The van der Waals surface area contributed by atoms with E-state index in [1.54, 1.807) is 11.3 Å². The number of unbranched alkanes of at least 4 members (excludes halogenated alkanes) is 1. The molecule has 0 saturated carbocycles. The van der Waals surface area contributed by atoms with Gasteiger partial charge in [0.05, 0.1) is 17.2 Å². The van der Waals surface area contributed by atoms with E-state index in [2.05, 4.69) is 16.8 Å². The Kier molecular flexibility index (Phi) is 7.24. The third kappa shape index (κ3) is 5.29. The Bertz CT molecular complexity index is 646. The zero-order valence-corrected chi connectivity index (χ0v) is 17.5. The molecule has 27 heavy (non-hydrogen) atoms.